The second-order valence-electron chi connectivity index (χ2n) is 8.67. The van der Waals surface area contributed by atoms with E-state index < -0.39 is 0 Å². The van der Waals surface area contributed by atoms with Crippen LogP contribution in [0.2, 0.25) is 0 Å². The van der Waals surface area contributed by atoms with Gasteiger partial charge in [-0.05, 0) is 62.4 Å². The van der Waals surface area contributed by atoms with Gasteiger partial charge in [-0.3, -0.25) is 10.2 Å². The summed E-state index contributed by atoms with van der Waals surface area (Å²) < 4.78 is 0. The third kappa shape index (κ3) is 5.77. The second-order valence-corrected chi connectivity index (χ2v) is 8.67. The summed E-state index contributed by atoms with van der Waals surface area (Å²) in [5.41, 5.74) is 5.46. The Morgan fingerprint density at radius 2 is 1.70 bits per heavy atom. The molecule has 3 N–H and O–H groups in total. The number of nitrogens with one attached hydrogen (secondary N) is 3. The molecule has 1 fully saturated rings. The largest absolute Gasteiger partial charge is 0.380 e. The molecule has 1 aliphatic heterocycles. The fourth-order valence-electron chi connectivity index (χ4n) is 4.00. The fourth-order valence-corrected chi connectivity index (χ4v) is 4.00. The van der Waals surface area contributed by atoms with Crippen molar-refractivity contribution < 1.29 is 4.79 Å². The summed E-state index contributed by atoms with van der Waals surface area (Å²) in [6.07, 6.45) is 5.32. The van der Waals surface area contributed by atoms with E-state index in [1.807, 2.05) is 62.4 Å². The van der Waals surface area contributed by atoms with E-state index in [4.69, 9.17) is 5.41 Å². The molecule has 1 saturated heterocycles. The first kappa shape index (κ1) is 22.5. The monoisotopic (exact) mass is 441 g/mol. The van der Waals surface area contributed by atoms with Crippen LogP contribution in [0.5, 0.6) is 0 Å². The van der Waals surface area contributed by atoms with Gasteiger partial charge in [-0.2, -0.15) is 0 Å². The molecule has 4 rings (SSSR count). The first-order chi connectivity index (χ1) is 16.0. The van der Waals surface area contributed by atoms with Crippen LogP contribution < -0.4 is 10.6 Å². The first-order valence-corrected chi connectivity index (χ1v) is 11.5. The lowest BCUT2D eigenvalue weighted by atomic mass is 10.1. The Kier molecular flexibility index (Phi) is 7.03. The molecule has 6 nitrogen and oxygen atoms in total. The Bertz CT molecular complexity index is 1120. The molecule has 0 unspecified atom stereocenters. The summed E-state index contributed by atoms with van der Waals surface area (Å²) in [7, 11) is 0. The normalized spacial score (nSPS) is 13.5. The molecule has 0 aliphatic carbocycles. The van der Waals surface area contributed by atoms with Gasteiger partial charge in [-0.25, -0.2) is 4.98 Å². The van der Waals surface area contributed by atoms with Crippen molar-refractivity contribution in [2.75, 3.05) is 23.7 Å². The molecule has 0 radical (unpaired) electrons. The number of carbonyl (C=O) groups excluding carboxylic acids is 1. The van der Waals surface area contributed by atoms with E-state index in [1.165, 1.54) is 6.42 Å². The van der Waals surface area contributed by atoms with E-state index in [-0.39, 0.29) is 5.91 Å². The van der Waals surface area contributed by atoms with Crippen LogP contribution in [-0.2, 0) is 6.54 Å². The van der Waals surface area contributed by atoms with Crippen LogP contribution >= 0.6 is 0 Å². The van der Waals surface area contributed by atoms with Crippen LogP contribution in [0.15, 0.2) is 60.8 Å². The number of amides is 1. The molecule has 1 aromatic heterocycles. The van der Waals surface area contributed by atoms with E-state index in [2.05, 4.69) is 20.5 Å². The number of amidine groups is 1. The Morgan fingerprint density at radius 3 is 2.39 bits per heavy atom. The maximum absolute atomic E-state index is 12.9. The molecule has 170 valence electrons. The van der Waals surface area contributed by atoms with Crippen LogP contribution in [0, 0.1) is 19.3 Å². The van der Waals surface area contributed by atoms with Gasteiger partial charge in [0.05, 0.1) is 5.56 Å². The van der Waals surface area contributed by atoms with Gasteiger partial charge in [0.25, 0.3) is 5.91 Å². The maximum Gasteiger partial charge on any atom is 0.258 e. The van der Waals surface area contributed by atoms with Crippen molar-refractivity contribution in [2.24, 2.45) is 0 Å². The number of hydrogen-bond donors (Lipinski definition) is 3. The van der Waals surface area contributed by atoms with Gasteiger partial charge in [0.2, 0.25) is 0 Å². The van der Waals surface area contributed by atoms with Crippen molar-refractivity contribution in [1.82, 2.24) is 9.88 Å². The van der Waals surface area contributed by atoms with Crippen molar-refractivity contribution in [3.8, 4) is 0 Å². The average Bonchev–Trinajstić information content (AvgIpc) is 2.85. The molecule has 0 bridgehead atoms. The zero-order chi connectivity index (χ0) is 23.2. The SMILES string of the molecule is Cc1ccc(NC(=O)c2cc(C)ccc2NCc2ccc(C(=N)N3CCCCC3)cc2)nc1. The van der Waals surface area contributed by atoms with Crippen LogP contribution in [0.3, 0.4) is 0 Å². The number of likely N-dealkylation sites (tertiary alicyclic amines) is 1. The molecular weight excluding hydrogens is 410 g/mol. The number of pyridine rings is 1. The van der Waals surface area contributed by atoms with Gasteiger partial charge < -0.3 is 15.5 Å². The zero-order valence-corrected chi connectivity index (χ0v) is 19.3. The van der Waals surface area contributed by atoms with Gasteiger partial charge in [0.1, 0.15) is 11.7 Å². The molecule has 2 heterocycles. The number of piperidine rings is 1. The standard InChI is InChI=1S/C27H31N5O/c1-19-6-12-24(23(16-19)27(33)31-25-13-7-20(2)17-30-25)29-18-21-8-10-22(11-9-21)26(28)32-14-4-3-5-15-32/h6-13,16-17,28-29H,3-5,14-15,18H2,1-2H3,(H,30,31,33). The molecule has 0 saturated carbocycles. The topological polar surface area (TPSA) is 81.1 Å². The number of nitrogens with zero attached hydrogens (tertiary/aromatic N) is 2. The number of aryl methyl sites for hydroxylation is 2. The second kappa shape index (κ2) is 10.3. The van der Waals surface area contributed by atoms with Crippen molar-refractivity contribution in [1.29, 1.82) is 5.41 Å². The Balaban J connectivity index is 1.42. The number of hydrogen-bond acceptors (Lipinski definition) is 4. The van der Waals surface area contributed by atoms with E-state index in [1.54, 1.807) is 12.3 Å². The predicted octanol–water partition coefficient (Wildman–Crippen LogP) is 5.37. The Labute approximate surface area is 195 Å². The lowest BCUT2D eigenvalue weighted by molar-refractivity contribution is 0.102. The number of carbonyl (C=O) groups is 1. The first-order valence-electron chi connectivity index (χ1n) is 11.5. The van der Waals surface area contributed by atoms with Gasteiger partial charge in [-0.1, -0.05) is 42.0 Å². The third-order valence-corrected chi connectivity index (χ3v) is 5.96. The van der Waals surface area contributed by atoms with E-state index in [0.717, 1.165) is 53.9 Å². The lowest BCUT2D eigenvalue weighted by Gasteiger charge is -2.29. The van der Waals surface area contributed by atoms with Gasteiger partial charge in [-0.15, -0.1) is 0 Å². The molecule has 0 atom stereocenters. The molecule has 6 heteroatoms. The molecule has 3 aromatic rings. The maximum atomic E-state index is 12.9. The summed E-state index contributed by atoms with van der Waals surface area (Å²) in [4.78, 5) is 19.4. The van der Waals surface area contributed by atoms with E-state index >= 15 is 0 Å². The molecular formula is C27H31N5O. The fraction of sp³-hybridized carbons (Fsp3) is 0.296. The van der Waals surface area contributed by atoms with Gasteiger partial charge in [0, 0.05) is 37.1 Å². The molecule has 2 aromatic carbocycles. The highest BCUT2D eigenvalue weighted by atomic mass is 16.1. The Hall–Kier alpha value is -3.67. The number of aromatic nitrogens is 1. The predicted molar refractivity (Wildman–Crippen MR) is 134 cm³/mol. The highest BCUT2D eigenvalue weighted by Crippen LogP contribution is 2.21. The highest BCUT2D eigenvalue weighted by molar-refractivity contribution is 6.07. The van der Waals surface area contributed by atoms with Crippen LogP contribution in [0.25, 0.3) is 0 Å². The lowest BCUT2D eigenvalue weighted by Crippen LogP contribution is -2.35. The smallest absolute Gasteiger partial charge is 0.258 e. The van der Waals surface area contributed by atoms with Crippen molar-refractivity contribution in [3.63, 3.8) is 0 Å². The minimum Gasteiger partial charge on any atom is -0.380 e. The summed E-state index contributed by atoms with van der Waals surface area (Å²) in [6, 6.07) is 17.7. The molecule has 0 spiro atoms. The number of benzene rings is 2. The molecule has 1 aliphatic rings. The number of rotatable bonds is 6. The summed E-state index contributed by atoms with van der Waals surface area (Å²) in [5.74, 6) is 0.948. The highest BCUT2D eigenvalue weighted by Gasteiger charge is 2.15. The van der Waals surface area contributed by atoms with Crippen molar-refractivity contribution in [3.05, 3.63) is 88.6 Å². The molecule has 33 heavy (non-hydrogen) atoms. The van der Waals surface area contributed by atoms with Crippen LogP contribution in [0.4, 0.5) is 11.5 Å². The summed E-state index contributed by atoms with van der Waals surface area (Å²) >= 11 is 0. The quantitative estimate of drug-likeness (QED) is 0.355. The Morgan fingerprint density at radius 1 is 0.970 bits per heavy atom. The van der Waals surface area contributed by atoms with Crippen molar-refractivity contribution >= 4 is 23.2 Å². The van der Waals surface area contributed by atoms with Gasteiger partial charge >= 0.3 is 0 Å². The summed E-state index contributed by atoms with van der Waals surface area (Å²) in [5, 5.41) is 14.8. The minimum absolute atomic E-state index is 0.192. The van der Waals surface area contributed by atoms with E-state index in [0.29, 0.717) is 23.8 Å². The van der Waals surface area contributed by atoms with Crippen molar-refractivity contribution in [2.45, 2.75) is 39.7 Å². The van der Waals surface area contributed by atoms with Crippen LogP contribution in [-0.4, -0.2) is 34.7 Å². The van der Waals surface area contributed by atoms with Crippen LogP contribution in [0.1, 0.15) is 51.9 Å². The molecule has 1 amide bonds. The average molecular weight is 442 g/mol. The van der Waals surface area contributed by atoms with Gasteiger partial charge in [0.15, 0.2) is 0 Å². The summed E-state index contributed by atoms with van der Waals surface area (Å²) in [6.45, 7) is 6.46. The van der Waals surface area contributed by atoms with E-state index in [9.17, 15) is 4.79 Å². The third-order valence-electron chi connectivity index (χ3n) is 5.96. The number of anilines is 2. The minimum atomic E-state index is -0.192. The zero-order valence-electron chi connectivity index (χ0n) is 19.3.